The van der Waals surface area contributed by atoms with Crippen LogP contribution in [0.5, 0.6) is 0 Å². The number of rotatable bonds is 2. The highest BCUT2D eigenvalue weighted by molar-refractivity contribution is 8.14. The van der Waals surface area contributed by atoms with Crippen LogP contribution in [0, 0.1) is 6.92 Å². The number of thioether (sulfide) groups is 1. The lowest BCUT2D eigenvalue weighted by Gasteiger charge is -2.11. The van der Waals surface area contributed by atoms with Gasteiger partial charge < -0.3 is 5.32 Å². The number of carbonyl (C=O) groups is 1. The fourth-order valence-electron chi connectivity index (χ4n) is 2.77. The van der Waals surface area contributed by atoms with Gasteiger partial charge in [-0.2, -0.15) is 0 Å². The van der Waals surface area contributed by atoms with E-state index in [4.69, 9.17) is 4.98 Å². The molecule has 25 heavy (non-hydrogen) atoms. The third kappa shape index (κ3) is 3.25. The summed E-state index contributed by atoms with van der Waals surface area (Å²) in [4.78, 5) is 25.9. The van der Waals surface area contributed by atoms with Gasteiger partial charge in [0.2, 0.25) is 0 Å². The number of aryl methyl sites for hydroxylation is 1. The zero-order valence-electron chi connectivity index (χ0n) is 13.7. The van der Waals surface area contributed by atoms with Crippen LogP contribution in [0.2, 0.25) is 0 Å². The van der Waals surface area contributed by atoms with Crippen LogP contribution in [-0.4, -0.2) is 33.3 Å². The molecule has 2 aromatic heterocycles. The van der Waals surface area contributed by atoms with Crippen molar-refractivity contribution in [3.05, 3.63) is 59.9 Å². The summed E-state index contributed by atoms with van der Waals surface area (Å²) in [6.45, 7) is 2.76. The van der Waals surface area contributed by atoms with E-state index in [1.807, 2.05) is 43.3 Å². The molecule has 1 amide bonds. The summed E-state index contributed by atoms with van der Waals surface area (Å²) >= 11 is 1.57. The molecule has 4 rings (SSSR count). The molecule has 0 saturated heterocycles. The van der Waals surface area contributed by atoms with Crippen LogP contribution in [0.1, 0.15) is 15.9 Å². The number of carbonyl (C=O) groups excluding carboxylic acids is 1. The molecule has 0 unspecified atom stereocenters. The lowest BCUT2D eigenvalue weighted by Crippen LogP contribution is -2.27. The van der Waals surface area contributed by atoms with Crippen LogP contribution in [-0.2, 0) is 0 Å². The molecule has 1 aromatic carbocycles. The lowest BCUT2D eigenvalue weighted by molar-refractivity contribution is 0.0979. The first-order valence-corrected chi connectivity index (χ1v) is 9.00. The van der Waals surface area contributed by atoms with Crippen molar-refractivity contribution in [1.82, 2.24) is 15.3 Å². The molecule has 6 heteroatoms. The number of fused-ring (bicyclic) bond motifs is 1. The Hall–Kier alpha value is -2.73. The predicted molar refractivity (Wildman–Crippen MR) is 102 cm³/mol. The molecular weight excluding hydrogens is 332 g/mol. The molecule has 5 nitrogen and oxygen atoms in total. The summed E-state index contributed by atoms with van der Waals surface area (Å²) in [5.74, 6) is 0.759. The average molecular weight is 348 g/mol. The molecule has 1 N–H and O–H groups in total. The quantitative estimate of drug-likeness (QED) is 0.770. The summed E-state index contributed by atoms with van der Waals surface area (Å²) in [6.07, 6.45) is 3.44. The largest absolute Gasteiger partial charge is 0.301 e. The van der Waals surface area contributed by atoms with E-state index >= 15 is 0 Å². The second kappa shape index (κ2) is 6.64. The number of nitrogens with one attached hydrogen (secondary N) is 1. The van der Waals surface area contributed by atoms with E-state index in [-0.39, 0.29) is 5.91 Å². The maximum Gasteiger partial charge on any atom is 0.257 e. The molecule has 0 saturated carbocycles. The van der Waals surface area contributed by atoms with E-state index in [0.717, 1.165) is 40.0 Å². The molecule has 0 aliphatic carbocycles. The first-order valence-electron chi connectivity index (χ1n) is 8.01. The Morgan fingerprint density at radius 3 is 2.76 bits per heavy atom. The highest BCUT2D eigenvalue weighted by Crippen LogP contribution is 2.25. The van der Waals surface area contributed by atoms with Gasteiger partial charge in [-0.25, -0.2) is 4.98 Å². The third-order valence-corrected chi connectivity index (χ3v) is 4.88. The monoisotopic (exact) mass is 348 g/mol. The van der Waals surface area contributed by atoms with E-state index in [9.17, 15) is 4.79 Å². The predicted octanol–water partition coefficient (Wildman–Crippen LogP) is 3.44. The van der Waals surface area contributed by atoms with Crippen molar-refractivity contribution in [3.8, 4) is 11.3 Å². The minimum absolute atomic E-state index is 0.151. The van der Waals surface area contributed by atoms with E-state index in [2.05, 4.69) is 15.3 Å². The van der Waals surface area contributed by atoms with Gasteiger partial charge in [0.05, 0.1) is 23.3 Å². The van der Waals surface area contributed by atoms with Crippen LogP contribution in [0.4, 0.5) is 0 Å². The topological polar surface area (TPSA) is 67.2 Å². The minimum Gasteiger partial charge on any atom is -0.301 e. The number of amides is 1. The molecule has 3 aromatic rings. The van der Waals surface area contributed by atoms with E-state index in [1.165, 1.54) is 0 Å². The fraction of sp³-hybridized carbons (Fsp3) is 0.158. The first-order chi connectivity index (χ1) is 12.2. The van der Waals surface area contributed by atoms with Gasteiger partial charge >= 0.3 is 0 Å². The number of nitrogens with zero attached hydrogens (tertiary/aromatic N) is 3. The Morgan fingerprint density at radius 2 is 2.00 bits per heavy atom. The Labute approximate surface area is 149 Å². The summed E-state index contributed by atoms with van der Waals surface area (Å²) < 4.78 is 0. The molecule has 1 aliphatic heterocycles. The van der Waals surface area contributed by atoms with Gasteiger partial charge in [0, 0.05) is 29.1 Å². The van der Waals surface area contributed by atoms with E-state index < -0.39 is 0 Å². The van der Waals surface area contributed by atoms with Crippen LogP contribution < -0.4 is 5.32 Å². The van der Waals surface area contributed by atoms with Gasteiger partial charge in [-0.15, -0.1) is 0 Å². The number of hydrogen-bond acceptors (Lipinski definition) is 5. The molecule has 124 valence electrons. The Bertz CT molecular complexity index is 985. The normalized spacial score (nSPS) is 13.7. The van der Waals surface area contributed by atoms with Crippen LogP contribution >= 0.6 is 11.8 Å². The van der Waals surface area contributed by atoms with Crippen molar-refractivity contribution in [2.24, 2.45) is 4.99 Å². The van der Waals surface area contributed by atoms with Gasteiger partial charge in [-0.3, -0.25) is 14.8 Å². The van der Waals surface area contributed by atoms with Gasteiger partial charge in [0.15, 0.2) is 5.17 Å². The van der Waals surface area contributed by atoms with Crippen molar-refractivity contribution in [2.75, 3.05) is 12.3 Å². The minimum atomic E-state index is -0.151. The standard InChI is InChI=1S/C19H16N4OS/c1-12-2-3-16-14(10-12)15(18(24)23-19-21-8-9-25-19)11-17(22-16)13-4-6-20-7-5-13/h2-7,10-11H,8-9H2,1H3,(H,21,23,24). The molecule has 0 bridgehead atoms. The number of aromatic nitrogens is 2. The van der Waals surface area contributed by atoms with Crippen LogP contribution in [0.25, 0.3) is 22.2 Å². The Kier molecular flexibility index (Phi) is 4.19. The molecule has 3 heterocycles. The Balaban J connectivity index is 1.84. The maximum absolute atomic E-state index is 12.9. The first kappa shape index (κ1) is 15.8. The SMILES string of the molecule is Cc1ccc2nc(-c3ccncc3)cc(C(=O)NC3=NCCS3)c2c1. The molecule has 1 aliphatic rings. The molecule has 0 fully saturated rings. The van der Waals surface area contributed by atoms with Crippen molar-refractivity contribution < 1.29 is 4.79 Å². The van der Waals surface area contributed by atoms with E-state index in [0.29, 0.717) is 10.7 Å². The van der Waals surface area contributed by atoms with E-state index in [1.54, 1.807) is 24.2 Å². The van der Waals surface area contributed by atoms with Crippen LogP contribution in [0.3, 0.4) is 0 Å². The number of benzene rings is 1. The summed E-state index contributed by atoms with van der Waals surface area (Å²) in [5, 5.41) is 4.45. The molecular formula is C19H16N4OS. The number of hydrogen-bond donors (Lipinski definition) is 1. The summed E-state index contributed by atoms with van der Waals surface area (Å²) in [7, 11) is 0. The fourth-order valence-corrected chi connectivity index (χ4v) is 3.50. The van der Waals surface area contributed by atoms with Crippen molar-refractivity contribution in [1.29, 1.82) is 0 Å². The smallest absolute Gasteiger partial charge is 0.257 e. The van der Waals surface area contributed by atoms with Crippen molar-refractivity contribution in [3.63, 3.8) is 0 Å². The van der Waals surface area contributed by atoms with Gasteiger partial charge in [-0.05, 0) is 37.3 Å². The zero-order valence-corrected chi connectivity index (χ0v) is 14.5. The molecule has 0 spiro atoms. The van der Waals surface area contributed by atoms with Crippen molar-refractivity contribution in [2.45, 2.75) is 6.92 Å². The van der Waals surface area contributed by atoms with Crippen LogP contribution in [0.15, 0.2) is 53.8 Å². The summed E-state index contributed by atoms with van der Waals surface area (Å²) in [5.41, 5.74) is 4.18. The van der Waals surface area contributed by atoms with Gasteiger partial charge in [0.1, 0.15) is 0 Å². The zero-order chi connectivity index (χ0) is 17.2. The molecule has 0 radical (unpaired) electrons. The van der Waals surface area contributed by atoms with Gasteiger partial charge in [-0.1, -0.05) is 23.4 Å². The number of pyridine rings is 2. The number of aliphatic imine (C=N–C) groups is 1. The number of amidine groups is 1. The summed E-state index contributed by atoms with van der Waals surface area (Å²) in [6, 6.07) is 11.6. The molecule has 0 atom stereocenters. The second-order valence-electron chi connectivity index (χ2n) is 5.80. The van der Waals surface area contributed by atoms with Crippen molar-refractivity contribution >= 4 is 33.7 Å². The average Bonchev–Trinajstić information content (AvgIpc) is 3.14. The Morgan fingerprint density at radius 1 is 1.16 bits per heavy atom. The third-order valence-electron chi connectivity index (χ3n) is 3.99. The highest BCUT2D eigenvalue weighted by Gasteiger charge is 2.17. The highest BCUT2D eigenvalue weighted by atomic mass is 32.2. The van der Waals surface area contributed by atoms with Gasteiger partial charge in [0.25, 0.3) is 5.91 Å². The lowest BCUT2D eigenvalue weighted by atomic mass is 10.0. The second-order valence-corrected chi connectivity index (χ2v) is 6.88. The maximum atomic E-state index is 12.9.